The van der Waals surface area contributed by atoms with Gasteiger partial charge < -0.3 is 19.3 Å². The molecule has 0 aliphatic carbocycles. The highest BCUT2D eigenvalue weighted by atomic mass is 79.9. The Morgan fingerprint density at radius 3 is 2.15 bits per heavy atom. The fraction of sp³-hybridized carbons (Fsp3) is 0.318. The molecule has 0 radical (unpaired) electrons. The van der Waals surface area contributed by atoms with Crippen LogP contribution in [-0.2, 0) is 39.5 Å². The number of phenols is 1. The molecule has 1 aromatic heterocycles. The number of aromatic nitrogens is 1. The van der Waals surface area contributed by atoms with Crippen molar-refractivity contribution in [1.82, 2.24) is 9.47 Å². The number of aryl methyl sites for hydroxylation is 1. The van der Waals surface area contributed by atoms with E-state index in [1.807, 2.05) is 55.4 Å². The van der Waals surface area contributed by atoms with Crippen LogP contribution in [0.4, 0.5) is 0 Å². The van der Waals surface area contributed by atoms with Crippen LogP contribution < -0.4 is 0 Å². The number of fused-ring (bicyclic) bond motifs is 1. The Hall–Kier alpha value is -2.44. The maximum Gasteiger partial charge on any atom is 0.397 e. The fourth-order valence-electron chi connectivity index (χ4n) is 3.26. The predicted octanol–water partition coefficient (Wildman–Crippen LogP) is 3.89. The molecule has 0 aliphatic heterocycles. The van der Waals surface area contributed by atoms with Crippen molar-refractivity contribution < 1.29 is 31.8 Å². The van der Waals surface area contributed by atoms with Crippen molar-refractivity contribution in [1.29, 1.82) is 0 Å². The lowest BCUT2D eigenvalue weighted by molar-refractivity contribution is 0.0524. The summed E-state index contributed by atoms with van der Waals surface area (Å²) >= 11 is 3.30. The molecule has 2 aromatic carbocycles. The van der Waals surface area contributed by atoms with E-state index in [0.717, 1.165) is 0 Å². The minimum atomic E-state index is -4.71. The number of carbonyl (C=O) groups excluding carboxylic acids is 1. The van der Waals surface area contributed by atoms with Gasteiger partial charge >= 0.3 is 16.4 Å². The maximum atomic E-state index is 12.6. The quantitative estimate of drug-likeness (QED) is 0.341. The molecular formula is C22H27BrN2O7S. The molecule has 180 valence electrons. The molecule has 0 atom stereocenters. The number of benzene rings is 2. The van der Waals surface area contributed by atoms with E-state index < -0.39 is 23.0 Å². The molecule has 0 amide bonds. The third kappa shape index (κ3) is 7.02. The Morgan fingerprint density at radius 1 is 1.15 bits per heavy atom. The van der Waals surface area contributed by atoms with Gasteiger partial charge in [-0.25, -0.2) is 8.98 Å². The molecule has 0 unspecified atom stereocenters. The second-order valence-electron chi connectivity index (χ2n) is 7.26. The number of halogens is 1. The van der Waals surface area contributed by atoms with Gasteiger partial charge in [-0.2, -0.15) is 8.42 Å². The summed E-state index contributed by atoms with van der Waals surface area (Å²) in [6, 6.07) is 13.6. The van der Waals surface area contributed by atoms with Crippen molar-refractivity contribution in [2.75, 3.05) is 20.7 Å². The molecule has 0 saturated carbocycles. The Morgan fingerprint density at radius 2 is 1.70 bits per heavy atom. The highest BCUT2D eigenvalue weighted by Gasteiger charge is 2.28. The Labute approximate surface area is 201 Å². The van der Waals surface area contributed by atoms with Gasteiger partial charge in [0.1, 0.15) is 12.4 Å². The highest BCUT2D eigenvalue weighted by molar-refractivity contribution is 9.10. The predicted molar refractivity (Wildman–Crippen MR) is 128 cm³/mol. The molecule has 0 saturated heterocycles. The first-order valence-electron chi connectivity index (χ1n) is 9.93. The number of aromatic hydroxyl groups is 1. The summed E-state index contributed by atoms with van der Waals surface area (Å²) in [5.74, 6) is -0.714. The van der Waals surface area contributed by atoms with Crippen molar-refractivity contribution in [3.63, 3.8) is 0 Å². The average molecular weight is 543 g/mol. The van der Waals surface area contributed by atoms with E-state index in [1.54, 1.807) is 24.6 Å². The van der Waals surface area contributed by atoms with E-state index in [1.165, 1.54) is 0 Å². The van der Waals surface area contributed by atoms with Gasteiger partial charge in [0.15, 0.2) is 0 Å². The van der Waals surface area contributed by atoms with Crippen molar-refractivity contribution in [2.45, 2.75) is 20.1 Å². The number of carbonyl (C=O) groups is 1. The number of esters is 1. The van der Waals surface area contributed by atoms with Crippen molar-refractivity contribution in [3.05, 3.63) is 63.8 Å². The summed E-state index contributed by atoms with van der Waals surface area (Å²) in [6.45, 7) is 1.50. The van der Waals surface area contributed by atoms with E-state index in [2.05, 4.69) is 20.1 Å². The number of hydrogen-bond acceptors (Lipinski definition) is 7. The summed E-state index contributed by atoms with van der Waals surface area (Å²) in [7, 11) is 0.527. The van der Waals surface area contributed by atoms with E-state index in [4.69, 9.17) is 9.29 Å². The Balaban J connectivity index is 0.000000554. The van der Waals surface area contributed by atoms with Gasteiger partial charge in [0, 0.05) is 24.5 Å². The summed E-state index contributed by atoms with van der Waals surface area (Å²) < 4.78 is 42.5. The first-order chi connectivity index (χ1) is 15.5. The maximum absolute atomic E-state index is 12.6. The molecular weight excluding hydrogens is 516 g/mol. The number of phenolic OH excluding ortho intramolecular Hbond substituents is 1. The molecule has 1 heterocycles. The number of hydrogen-bond donors (Lipinski definition) is 2. The summed E-state index contributed by atoms with van der Waals surface area (Å²) in [6.07, 6.45) is 0. The number of ether oxygens (including phenoxy) is 1. The van der Waals surface area contributed by atoms with E-state index in [-0.39, 0.29) is 23.6 Å². The first-order valence-corrected chi connectivity index (χ1v) is 12.1. The van der Waals surface area contributed by atoms with E-state index in [0.29, 0.717) is 27.5 Å². The number of rotatable bonds is 7. The third-order valence-electron chi connectivity index (χ3n) is 4.60. The zero-order valence-electron chi connectivity index (χ0n) is 18.8. The molecule has 0 bridgehead atoms. The van der Waals surface area contributed by atoms with Gasteiger partial charge in [-0.05, 0) is 43.0 Å². The Bertz CT molecular complexity index is 1180. The molecule has 3 rings (SSSR count). The van der Waals surface area contributed by atoms with Crippen LogP contribution in [0.2, 0.25) is 0 Å². The molecule has 2 N–H and O–H groups in total. The topological polar surface area (TPSA) is 118 Å². The van der Waals surface area contributed by atoms with Crippen molar-refractivity contribution in [3.8, 4) is 5.75 Å². The lowest BCUT2D eigenvalue weighted by Crippen LogP contribution is -2.14. The van der Waals surface area contributed by atoms with E-state index in [9.17, 15) is 18.3 Å². The fourth-order valence-corrected chi connectivity index (χ4v) is 3.97. The highest BCUT2D eigenvalue weighted by Crippen LogP contribution is 2.40. The lowest BCUT2D eigenvalue weighted by atomic mass is 10.0. The normalized spacial score (nSPS) is 11.4. The largest absolute Gasteiger partial charge is 0.506 e. The van der Waals surface area contributed by atoms with Crippen molar-refractivity contribution >= 4 is 43.2 Å². The molecule has 0 fully saturated rings. The van der Waals surface area contributed by atoms with Crippen LogP contribution in [0.5, 0.6) is 5.75 Å². The minimum Gasteiger partial charge on any atom is -0.506 e. The van der Waals surface area contributed by atoms with Crippen LogP contribution in [0.3, 0.4) is 0 Å². The zero-order chi connectivity index (χ0) is 24.8. The third-order valence-corrected chi connectivity index (χ3v) is 5.62. The molecule has 33 heavy (non-hydrogen) atoms. The van der Waals surface area contributed by atoms with Crippen LogP contribution in [0, 0.1) is 0 Å². The number of nitrogens with zero attached hydrogens (tertiary/aromatic N) is 2. The van der Waals surface area contributed by atoms with Gasteiger partial charge in [-0.1, -0.05) is 36.4 Å². The van der Waals surface area contributed by atoms with Gasteiger partial charge in [-0.3, -0.25) is 4.55 Å². The second kappa shape index (κ2) is 11.6. The SMILES string of the molecule is CCOC(=O)c1c(COS(=O)(=O)O)n(C)c2cc(Br)c(O)c(CN(C)C)c12.c1ccccc1. The lowest BCUT2D eigenvalue weighted by Gasteiger charge is -2.15. The monoisotopic (exact) mass is 542 g/mol. The van der Waals surface area contributed by atoms with Crippen molar-refractivity contribution in [2.24, 2.45) is 7.05 Å². The van der Waals surface area contributed by atoms with Crippen LogP contribution in [-0.4, -0.2) is 54.2 Å². The van der Waals surface area contributed by atoms with Crippen LogP contribution in [0.1, 0.15) is 28.5 Å². The summed E-state index contributed by atoms with van der Waals surface area (Å²) in [4.78, 5) is 14.5. The van der Waals surface area contributed by atoms with Crippen LogP contribution in [0.25, 0.3) is 10.9 Å². The molecule has 9 nitrogen and oxygen atoms in total. The molecule has 0 aliphatic rings. The molecule has 0 spiro atoms. The van der Waals surface area contributed by atoms with E-state index >= 15 is 0 Å². The zero-order valence-corrected chi connectivity index (χ0v) is 21.2. The molecule has 11 heteroatoms. The van der Waals surface area contributed by atoms with Crippen LogP contribution >= 0.6 is 15.9 Å². The first kappa shape index (κ1) is 26.8. The van der Waals surface area contributed by atoms with Gasteiger partial charge in [-0.15, -0.1) is 0 Å². The van der Waals surface area contributed by atoms with Gasteiger partial charge in [0.05, 0.1) is 27.9 Å². The Kier molecular flexibility index (Phi) is 9.44. The molecule has 3 aromatic rings. The summed E-state index contributed by atoms with van der Waals surface area (Å²) in [5.41, 5.74) is 1.31. The standard InChI is InChI=1S/C16H21BrN2O7S.C6H6/c1-5-25-16(21)14-12(8-26-27(22,23)24)19(4)11-6-10(17)15(20)9(13(11)14)7-18(2)3;1-2-4-6-5-3-1/h6,20H,5,7-8H2,1-4H3,(H,22,23,24);1-6H. The average Bonchev–Trinajstić information content (AvgIpc) is 3.02. The second-order valence-corrected chi connectivity index (χ2v) is 9.21. The van der Waals surface area contributed by atoms with Gasteiger partial charge in [0.25, 0.3) is 0 Å². The van der Waals surface area contributed by atoms with Crippen LogP contribution in [0.15, 0.2) is 46.9 Å². The van der Waals surface area contributed by atoms with Gasteiger partial charge in [0.2, 0.25) is 0 Å². The minimum absolute atomic E-state index is 0.0328. The smallest absolute Gasteiger partial charge is 0.397 e. The summed E-state index contributed by atoms with van der Waals surface area (Å²) in [5, 5.41) is 11.0.